The number of alkyl halides is 2. The Morgan fingerprint density at radius 3 is 2.27 bits per heavy atom. The number of amides is 1. The van der Waals surface area contributed by atoms with E-state index in [0.29, 0.717) is 11.1 Å². The van der Waals surface area contributed by atoms with Crippen molar-refractivity contribution in [2.75, 3.05) is 27.1 Å². The van der Waals surface area contributed by atoms with Crippen molar-refractivity contribution < 1.29 is 42.4 Å². The molecule has 178 valence electrons. The van der Waals surface area contributed by atoms with Gasteiger partial charge in [0, 0.05) is 7.11 Å². The fourth-order valence-corrected chi connectivity index (χ4v) is 2.57. The minimum absolute atomic E-state index is 0.0765. The molecule has 0 saturated heterocycles. The van der Waals surface area contributed by atoms with Gasteiger partial charge in [-0.25, -0.2) is 9.59 Å². The number of aliphatic carboxylic acids is 1. The number of methoxy groups -OCH3 is 1. The monoisotopic (exact) mass is 465 g/mol. The molecule has 0 heterocycles. The molecule has 0 saturated carbocycles. The molecule has 2 rings (SSSR count). The molecule has 2 aromatic carbocycles. The Kier molecular flexibility index (Phi) is 10.3. The number of carbonyl (C=O) groups excluding carboxylic acids is 1. The zero-order chi connectivity index (χ0) is 24.1. The third kappa shape index (κ3) is 8.51. The normalized spacial score (nSPS) is 12.6. The lowest BCUT2D eigenvalue weighted by Gasteiger charge is -2.26. The molecule has 8 nitrogen and oxygen atoms in total. The summed E-state index contributed by atoms with van der Waals surface area (Å²) < 4.78 is 50.3. The molecule has 0 aliphatic rings. The van der Waals surface area contributed by atoms with Crippen LogP contribution in [0.3, 0.4) is 0 Å². The number of ether oxygens (including phenoxy) is 4. The van der Waals surface area contributed by atoms with Gasteiger partial charge in [0.25, 0.3) is 0 Å². The minimum atomic E-state index is -4.14. The lowest BCUT2D eigenvalue weighted by molar-refractivity contribution is -0.153. The fourth-order valence-electron chi connectivity index (χ4n) is 2.57. The highest BCUT2D eigenvalue weighted by Gasteiger charge is 2.51. The quantitative estimate of drug-likeness (QED) is 0.264. The van der Waals surface area contributed by atoms with Gasteiger partial charge in [-0.3, -0.25) is 0 Å². The van der Waals surface area contributed by atoms with E-state index in [4.69, 9.17) is 18.9 Å². The van der Waals surface area contributed by atoms with Crippen LogP contribution in [-0.2, 0) is 30.3 Å². The number of nitrogens with one attached hydrogen (secondary N) is 1. The summed E-state index contributed by atoms with van der Waals surface area (Å²) in [6, 6.07) is 13.8. The van der Waals surface area contributed by atoms with E-state index >= 15 is 8.78 Å². The first-order valence-corrected chi connectivity index (χ1v) is 9.89. The van der Waals surface area contributed by atoms with E-state index in [1.165, 1.54) is 19.2 Å². The molecule has 0 aromatic heterocycles. The Bertz CT molecular complexity index is 908. The number of hydrogen-bond donors (Lipinski definition) is 2. The maximum atomic E-state index is 15.3. The molecule has 0 spiro atoms. The Hall–Kier alpha value is -3.50. The lowest BCUT2D eigenvalue weighted by atomic mass is 10.1. The third-order valence-electron chi connectivity index (χ3n) is 4.24. The van der Waals surface area contributed by atoms with E-state index in [-0.39, 0.29) is 19.8 Å². The van der Waals surface area contributed by atoms with Crippen molar-refractivity contribution in [1.82, 2.24) is 5.32 Å². The molecule has 33 heavy (non-hydrogen) atoms. The van der Waals surface area contributed by atoms with Crippen molar-refractivity contribution in [3.8, 4) is 0 Å². The third-order valence-corrected chi connectivity index (χ3v) is 4.24. The predicted octanol–water partition coefficient (Wildman–Crippen LogP) is 3.68. The summed E-state index contributed by atoms with van der Waals surface area (Å²) in [5.74, 6) is -7.11. The molecule has 2 aromatic rings. The second-order valence-electron chi connectivity index (χ2n) is 6.68. The van der Waals surface area contributed by atoms with Gasteiger partial charge in [0.15, 0.2) is 12.6 Å². The second-order valence-corrected chi connectivity index (χ2v) is 6.68. The number of alkyl carbamates (subject to hydrolysis) is 1. The van der Waals surface area contributed by atoms with Crippen molar-refractivity contribution >= 4 is 18.1 Å². The average molecular weight is 465 g/mol. The van der Waals surface area contributed by atoms with E-state index in [2.05, 4.69) is 0 Å². The molecule has 0 radical (unpaired) electrons. The predicted molar refractivity (Wildman–Crippen MR) is 114 cm³/mol. The molecular formula is C23H25F2NO7. The highest BCUT2D eigenvalue weighted by atomic mass is 19.3. The minimum Gasteiger partial charge on any atom is -0.480 e. The number of carbonyl (C=O) groups is 2. The van der Waals surface area contributed by atoms with Gasteiger partial charge >= 0.3 is 18.0 Å². The summed E-state index contributed by atoms with van der Waals surface area (Å²) >= 11 is 0. The van der Waals surface area contributed by atoms with Gasteiger partial charge in [0.2, 0.25) is 6.04 Å². The SMILES string of the molecule is COCCOCO/C(=C\c1ccccc1)C(F)(F)C(NC(=O)OCc1ccccc1)C(=O)O. The fraction of sp³-hybridized carbons (Fsp3) is 0.304. The van der Waals surface area contributed by atoms with Crippen LogP contribution in [0.4, 0.5) is 13.6 Å². The zero-order valence-corrected chi connectivity index (χ0v) is 17.9. The first-order chi connectivity index (χ1) is 15.8. The molecule has 0 fully saturated rings. The van der Waals surface area contributed by atoms with E-state index in [0.717, 1.165) is 6.08 Å². The Labute approximate surface area is 189 Å². The molecule has 1 amide bonds. The lowest BCUT2D eigenvalue weighted by Crippen LogP contribution is -2.54. The maximum absolute atomic E-state index is 15.3. The number of benzene rings is 2. The molecular weight excluding hydrogens is 440 g/mol. The van der Waals surface area contributed by atoms with Crippen molar-refractivity contribution in [2.45, 2.75) is 18.6 Å². The summed E-state index contributed by atoms with van der Waals surface area (Å²) in [6.45, 7) is -0.513. The van der Waals surface area contributed by atoms with Gasteiger partial charge in [-0.15, -0.1) is 0 Å². The van der Waals surface area contributed by atoms with Gasteiger partial charge in [-0.2, -0.15) is 8.78 Å². The largest absolute Gasteiger partial charge is 0.480 e. The first kappa shape index (κ1) is 25.8. The van der Waals surface area contributed by atoms with Crippen LogP contribution >= 0.6 is 0 Å². The summed E-state index contributed by atoms with van der Waals surface area (Å²) in [7, 11) is 1.44. The van der Waals surface area contributed by atoms with Gasteiger partial charge < -0.3 is 29.4 Å². The van der Waals surface area contributed by atoms with Gasteiger partial charge in [0.05, 0.1) is 13.2 Å². The standard InChI is InChI=1S/C23H25F2NO7/c1-30-12-13-31-16-33-19(14-17-8-4-2-5-9-17)23(24,25)20(21(27)28)26-22(29)32-15-18-10-6-3-7-11-18/h2-11,14,20H,12-13,15-16H2,1H3,(H,26,29)(H,27,28)/b19-14-. The maximum Gasteiger partial charge on any atom is 0.408 e. The van der Waals surface area contributed by atoms with Crippen molar-refractivity contribution in [3.63, 3.8) is 0 Å². The Morgan fingerprint density at radius 1 is 1.03 bits per heavy atom. The number of carboxylic acids is 1. The summed E-state index contributed by atoms with van der Waals surface area (Å²) in [5, 5.41) is 11.1. The second kappa shape index (κ2) is 13.1. The molecule has 0 aliphatic heterocycles. The zero-order valence-electron chi connectivity index (χ0n) is 17.9. The number of hydrogen-bond acceptors (Lipinski definition) is 6. The number of carboxylic acid groups (broad SMARTS) is 1. The highest BCUT2D eigenvalue weighted by molar-refractivity contribution is 5.82. The first-order valence-electron chi connectivity index (χ1n) is 9.89. The Balaban J connectivity index is 2.17. The summed E-state index contributed by atoms with van der Waals surface area (Å²) in [5.41, 5.74) is 0.937. The van der Waals surface area contributed by atoms with E-state index in [9.17, 15) is 14.7 Å². The smallest absolute Gasteiger partial charge is 0.408 e. The number of rotatable bonds is 13. The molecule has 0 aliphatic carbocycles. The van der Waals surface area contributed by atoms with E-state index < -0.39 is 36.6 Å². The van der Waals surface area contributed by atoms with Gasteiger partial charge in [-0.05, 0) is 17.2 Å². The van der Waals surface area contributed by atoms with Crippen LogP contribution in [0.2, 0.25) is 0 Å². The summed E-state index contributed by atoms with van der Waals surface area (Å²) in [6.07, 6.45) is -0.339. The molecule has 10 heteroatoms. The van der Waals surface area contributed by atoms with Crippen molar-refractivity contribution in [1.29, 1.82) is 0 Å². The van der Waals surface area contributed by atoms with Crippen molar-refractivity contribution in [3.05, 3.63) is 77.5 Å². The Morgan fingerprint density at radius 2 is 1.67 bits per heavy atom. The van der Waals surface area contributed by atoms with Crippen LogP contribution in [0.25, 0.3) is 6.08 Å². The molecule has 0 bridgehead atoms. The van der Waals surface area contributed by atoms with Crippen molar-refractivity contribution in [2.24, 2.45) is 0 Å². The summed E-state index contributed by atoms with van der Waals surface area (Å²) in [4.78, 5) is 23.7. The average Bonchev–Trinajstić information content (AvgIpc) is 2.81. The molecule has 1 unspecified atom stereocenters. The highest BCUT2D eigenvalue weighted by Crippen LogP contribution is 2.31. The topological polar surface area (TPSA) is 103 Å². The van der Waals surface area contributed by atoms with Crippen LogP contribution in [0, 0.1) is 0 Å². The van der Waals surface area contributed by atoms with Gasteiger partial charge in [0.1, 0.15) is 6.61 Å². The van der Waals surface area contributed by atoms with E-state index in [1.807, 2.05) is 0 Å². The van der Waals surface area contributed by atoms with Crippen LogP contribution in [-0.4, -0.2) is 56.2 Å². The van der Waals surface area contributed by atoms with Crippen LogP contribution in [0.15, 0.2) is 66.4 Å². The molecule has 2 N–H and O–H groups in total. The van der Waals surface area contributed by atoms with E-state index in [1.54, 1.807) is 53.8 Å². The van der Waals surface area contributed by atoms with Crippen LogP contribution < -0.4 is 5.32 Å². The van der Waals surface area contributed by atoms with Crippen LogP contribution in [0.5, 0.6) is 0 Å². The van der Waals surface area contributed by atoms with Gasteiger partial charge in [-0.1, -0.05) is 60.7 Å². The molecule has 1 atom stereocenters. The number of halogens is 2. The van der Waals surface area contributed by atoms with Crippen LogP contribution in [0.1, 0.15) is 11.1 Å².